The van der Waals surface area contributed by atoms with Gasteiger partial charge in [-0.3, -0.25) is 0 Å². The first-order valence-electron chi connectivity index (χ1n) is 8.31. The predicted octanol–water partition coefficient (Wildman–Crippen LogP) is 3.03. The minimum Gasteiger partial charge on any atom is -0.871 e. The standard InChI is InChI=1S/C20H23NO4S2/c1-27(2,24)15-19(22)18(14-26-17-11-7-4-8-12-17)21-20(23)25-13-16-9-5-3-6-10-16/h3-12,15,18H,13-14H2,1-2H3,(H-,21,22,23,24)/t18-/m0/s1. The van der Waals surface area contributed by atoms with Crippen molar-refractivity contribution >= 4 is 27.8 Å². The quantitative estimate of drug-likeness (QED) is 0.415. The van der Waals surface area contributed by atoms with Gasteiger partial charge in [0.1, 0.15) is 34.5 Å². The molecule has 2 aromatic carbocycles. The maximum absolute atomic E-state index is 12.5. The lowest BCUT2D eigenvalue weighted by Gasteiger charge is -2.24. The van der Waals surface area contributed by atoms with Gasteiger partial charge in [-0.25, -0.2) is 4.79 Å². The van der Waals surface area contributed by atoms with Gasteiger partial charge < -0.3 is 15.2 Å². The molecule has 7 heteroatoms. The third-order valence-corrected chi connectivity index (χ3v) is 5.31. The molecule has 144 valence electrons. The number of ether oxygens (including phenoxy) is 1. The van der Waals surface area contributed by atoms with E-state index in [0.29, 0.717) is 5.75 Å². The molecule has 0 aliphatic heterocycles. The van der Waals surface area contributed by atoms with Crippen LogP contribution in [-0.2, 0) is 25.5 Å². The van der Waals surface area contributed by atoms with E-state index in [-0.39, 0.29) is 12.4 Å². The van der Waals surface area contributed by atoms with E-state index in [1.807, 2.05) is 60.7 Å². The fourth-order valence-corrected chi connectivity index (χ4v) is 3.84. The molecule has 1 amide bonds. The summed E-state index contributed by atoms with van der Waals surface area (Å²) in [4.78, 5) is 13.1. The van der Waals surface area contributed by atoms with Crippen molar-refractivity contribution in [2.45, 2.75) is 17.5 Å². The molecule has 0 unspecified atom stereocenters. The predicted molar refractivity (Wildman–Crippen MR) is 109 cm³/mol. The average Bonchev–Trinajstić information content (AvgIpc) is 2.63. The number of benzene rings is 2. The van der Waals surface area contributed by atoms with Crippen LogP contribution in [0.1, 0.15) is 5.56 Å². The van der Waals surface area contributed by atoms with E-state index in [4.69, 9.17) is 4.74 Å². The molecule has 5 nitrogen and oxygen atoms in total. The van der Waals surface area contributed by atoms with Crippen molar-refractivity contribution in [2.24, 2.45) is 0 Å². The number of nitrogens with one attached hydrogen (secondary N) is 1. The second-order valence-electron chi connectivity index (χ2n) is 6.21. The highest BCUT2D eigenvalue weighted by Gasteiger charge is 2.17. The van der Waals surface area contributed by atoms with E-state index >= 15 is 0 Å². The molecule has 0 saturated heterocycles. The summed E-state index contributed by atoms with van der Waals surface area (Å²) in [5, 5.41) is 16.2. The molecule has 1 N–H and O–H groups in total. The zero-order valence-electron chi connectivity index (χ0n) is 15.3. The zero-order valence-corrected chi connectivity index (χ0v) is 16.9. The van der Waals surface area contributed by atoms with Crippen molar-refractivity contribution in [3.05, 3.63) is 77.4 Å². The highest BCUT2D eigenvalue weighted by atomic mass is 32.2. The summed E-state index contributed by atoms with van der Waals surface area (Å²) in [6.07, 6.45) is 2.29. The minimum atomic E-state index is -2.37. The topological polar surface area (TPSA) is 78.5 Å². The molecule has 0 aliphatic rings. The van der Waals surface area contributed by atoms with Crippen molar-refractivity contribution in [3.8, 4) is 0 Å². The highest BCUT2D eigenvalue weighted by molar-refractivity contribution is 8.04. The van der Waals surface area contributed by atoms with Crippen LogP contribution in [-0.4, -0.2) is 30.4 Å². The van der Waals surface area contributed by atoms with Gasteiger partial charge >= 0.3 is 6.09 Å². The lowest BCUT2D eigenvalue weighted by atomic mass is 10.2. The molecule has 0 saturated carbocycles. The van der Waals surface area contributed by atoms with E-state index in [9.17, 15) is 14.1 Å². The third-order valence-electron chi connectivity index (χ3n) is 3.41. The Labute approximate surface area is 165 Å². The Balaban J connectivity index is 2.00. The summed E-state index contributed by atoms with van der Waals surface area (Å²) < 4.78 is 17.1. The largest absolute Gasteiger partial charge is 0.871 e. The first-order chi connectivity index (χ1) is 12.8. The smallest absolute Gasteiger partial charge is 0.407 e. The Bertz CT molecular complexity index is 803. The van der Waals surface area contributed by atoms with Gasteiger partial charge in [0.05, 0.1) is 6.04 Å². The lowest BCUT2D eigenvalue weighted by Crippen LogP contribution is -2.42. The Kier molecular flexibility index (Phi) is 7.94. The number of thioether (sulfide) groups is 1. The van der Waals surface area contributed by atoms with Crippen LogP contribution in [0.25, 0.3) is 0 Å². The molecule has 0 fully saturated rings. The molecule has 27 heavy (non-hydrogen) atoms. The summed E-state index contributed by atoms with van der Waals surface area (Å²) in [5.41, 5.74) is 0.853. The van der Waals surface area contributed by atoms with Gasteiger partial charge in [0.25, 0.3) is 0 Å². The van der Waals surface area contributed by atoms with Gasteiger partial charge in [-0.05, 0) is 17.7 Å². The van der Waals surface area contributed by atoms with Crippen LogP contribution in [0.4, 0.5) is 4.79 Å². The second kappa shape index (κ2) is 10.2. The molecule has 0 spiro atoms. The molecule has 1 atom stereocenters. The zero-order chi connectivity index (χ0) is 19.7. The van der Waals surface area contributed by atoms with Crippen LogP contribution >= 0.6 is 11.8 Å². The van der Waals surface area contributed by atoms with E-state index < -0.39 is 22.1 Å². The molecular formula is C20H23NO4S2. The van der Waals surface area contributed by atoms with Crippen molar-refractivity contribution < 1.29 is 18.8 Å². The van der Waals surface area contributed by atoms with Crippen molar-refractivity contribution in [2.75, 3.05) is 18.3 Å². The number of carbonyl (C=O) groups excluding carboxylic acids is 1. The van der Waals surface area contributed by atoms with Gasteiger partial charge in [-0.2, -0.15) is 0 Å². The molecule has 0 heterocycles. The van der Waals surface area contributed by atoms with Crippen LogP contribution < -0.4 is 10.4 Å². The molecule has 0 bridgehead atoms. The Morgan fingerprint density at radius 2 is 1.74 bits per heavy atom. The molecule has 0 aromatic heterocycles. The van der Waals surface area contributed by atoms with Crippen molar-refractivity contribution in [3.63, 3.8) is 0 Å². The first kappa shape index (κ1) is 21.1. The minimum absolute atomic E-state index is 0.113. The van der Waals surface area contributed by atoms with Crippen LogP contribution in [0.3, 0.4) is 0 Å². The Hall–Kier alpha value is -2.25. The third kappa shape index (κ3) is 8.32. The summed E-state index contributed by atoms with van der Waals surface area (Å²) in [6.45, 7) is 0.113. The normalized spacial score (nSPS) is 13.0. The van der Waals surface area contributed by atoms with Crippen LogP contribution in [0.15, 0.2) is 76.7 Å². The fraction of sp³-hybridized carbons (Fsp3) is 0.250. The van der Waals surface area contributed by atoms with Gasteiger partial charge in [-0.1, -0.05) is 54.3 Å². The Morgan fingerprint density at radius 3 is 2.33 bits per heavy atom. The average molecular weight is 406 g/mol. The SMILES string of the molecule is C[S+](C)(=O)/C=C(\[O-])[C@H](CSc1ccccc1)NC(=O)OCc1ccccc1. The van der Waals surface area contributed by atoms with Crippen molar-refractivity contribution in [1.29, 1.82) is 0 Å². The molecule has 0 radical (unpaired) electrons. The summed E-state index contributed by atoms with van der Waals surface area (Å²) in [7, 11) is -2.37. The molecule has 0 aliphatic carbocycles. The van der Waals surface area contributed by atoms with E-state index in [2.05, 4.69) is 5.32 Å². The van der Waals surface area contributed by atoms with Crippen molar-refractivity contribution in [1.82, 2.24) is 5.32 Å². The van der Waals surface area contributed by atoms with Gasteiger partial charge in [0.15, 0.2) is 0 Å². The summed E-state index contributed by atoms with van der Waals surface area (Å²) in [6, 6.07) is 18.0. The maximum Gasteiger partial charge on any atom is 0.407 e. The Morgan fingerprint density at radius 1 is 1.15 bits per heavy atom. The summed E-state index contributed by atoms with van der Waals surface area (Å²) >= 11 is 1.44. The van der Waals surface area contributed by atoms with E-state index in [1.54, 1.807) is 0 Å². The number of rotatable bonds is 8. The number of carbonyl (C=O) groups is 1. The second-order valence-corrected chi connectivity index (χ2v) is 10.2. The van der Waals surface area contributed by atoms with Crippen LogP contribution in [0, 0.1) is 0 Å². The van der Waals surface area contributed by atoms with E-state index in [1.165, 1.54) is 29.7 Å². The highest BCUT2D eigenvalue weighted by Crippen LogP contribution is 2.20. The van der Waals surface area contributed by atoms with Crippen LogP contribution in [0.5, 0.6) is 0 Å². The van der Waals surface area contributed by atoms with Gasteiger partial charge in [-0.15, -0.1) is 16.0 Å². The van der Waals surface area contributed by atoms with Gasteiger partial charge in [0.2, 0.25) is 0 Å². The van der Waals surface area contributed by atoms with E-state index in [0.717, 1.165) is 10.5 Å². The number of alkyl carbamates (subject to hydrolysis) is 1. The maximum atomic E-state index is 12.5. The van der Waals surface area contributed by atoms with Crippen LogP contribution in [0.2, 0.25) is 0 Å². The molecule has 2 rings (SSSR count). The lowest BCUT2D eigenvalue weighted by molar-refractivity contribution is -0.308. The monoisotopic (exact) mass is 405 g/mol. The number of amides is 1. The van der Waals surface area contributed by atoms with Gasteiger partial charge in [0, 0.05) is 10.6 Å². The fourth-order valence-electron chi connectivity index (χ4n) is 2.16. The molecule has 2 aromatic rings. The summed E-state index contributed by atoms with van der Waals surface area (Å²) in [5.74, 6) is -0.0694. The molecular weight excluding hydrogens is 382 g/mol. The number of hydrogen-bond acceptors (Lipinski definition) is 5. The first-order valence-corrected chi connectivity index (χ1v) is 11.7. The number of hydrogen-bond donors (Lipinski definition) is 1.